The van der Waals surface area contributed by atoms with Crippen molar-refractivity contribution in [2.24, 2.45) is 0 Å². The molecule has 0 saturated carbocycles. The lowest BCUT2D eigenvalue weighted by atomic mass is 10.0. The lowest BCUT2D eigenvalue weighted by Gasteiger charge is -2.37. The first-order chi connectivity index (χ1) is 12.0. The summed E-state index contributed by atoms with van der Waals surface area (Å²) in [5.41, 5.74) is 0.625. The highest BCUT2D eigenvalue weighted by Gasteiger charge is 2.30. The lowest BCUT2D eigenvalue weighted by molar-refractivity contribution is -0.393. The van der Waals surface area contributed by atoms with Crippen LogP contribution in [0.2, 0.25) is 0 Å². The van der Waals surface area contributed by atoms with Crippen LogP contribution in [0.1, 0.15) is 11.6 Å². The van der Waals surface area contributed by atoms with Gasteiger partial charge in [0.1, 0.15) is 11.4 Å². The molecule has 0 aromatic heterocycles. The molecular formula is C16H16N4O5. The maximum Gasteiger partial charge on any atom is 0.299 e. The van der Waals surface area contributed by atoms with Gasteiger partial charge in [-0.25, -0.2) is 0 Å². The maximum absolute atomic E-state index is 11.4. The summed E-state index contributed by atoms with van der Waals surface area (Å²) in [5, 5.41) is 35.1. The molecule has 1 heterocycles. The van der Waals surface area contributed by atoms with Crippen molar-refractivity contribution in [2.45, 2.75) is 6.04 Å². The fourth-order valence-corrected chi connectivity index (χ4v) is 3.00. The molecule has 9 heteroatoms. The maximum atomic E-state index is 11.4. The van der Waals surface area contributed by atoms with Gasteiger partial charge in [0, 0.05) is 25.7 Å². The number of nitro groups is 2. The highest BCUT2D eigenvalue weighted by molar-refractivity contribution is 5.68. The van der Waals surface area contributed by atoms with Crippen LogP contribution in [0.25, 0.3) is 0 Å². The molecule has 1 aliphatic heterocycles. The summed E-state index contributed by atoms with van der Waals surface area (Å²) in [6.07, 6.45) is 0. The molecule has 0 bridgehead atoms. The second-order valence-electron chi connectivity index (χ2n) is 5.69. The number of aromatic hydroxyl groups is 1. The Bertz CT molecular complexity index is 809. The van der Waals surface area contributed by atoms with Gasteiger partial charge in [0.05, 0.1) is 22.0 Å². The molecule has 25 heavy (non-hydrogen) atoms. The topological polar surface area (TPSA) is 122 Å². The van der Waals surface area contributed by atoms with E-state index in [2.05, 4.69) is 5.32 Å². The minimum absolute atomic E-state index is 0.139. The molecule has 0 aliphatic carbocycles. The van der Waals surface area contributed by atoms with Crippen LogP contribution in [0.4, 0.5) is 17.1 Å². The number of phenols is 1. The van der Waals surface area contributed by atoms with Crippen LogP contribution >= 0.6 is 0 Å². The van der Waals surface area contributed by atoms with Crippen molar-refractivity contribution in [2.75, 3.05) is 24.5 Å². The summed E-state index contributed by atoms with van der Waals surface area (Å²) in [6, 6.07) is 10.2. The van der Waals surface area contributed by atoms with Crippen molar-refractivity contribution in [3.8, 4) is 5.75 Å². The van der Waals surface area contributed by atoms with E-state index in [0.29, 0.717) is 25.3 Å². The first kappa shape index (κ1) is 16.7. The Balaban J connectivity index is 2.04. The van der Waals surface area contributed by atoms with Gasteiger partial charge in [-0.1, -0.05) is 12.1 Å². The molecule has 0 spiro atoms. The van der Waals surface area contributed by atoms with Gasteiger partial charge in [-0.3, -0.25) is 20.2 Å². The summed E-state index contributed by atoms with van der Waals surface area (Å²) in [7, 11) is 0. The van der Waals surface area contributed by atoms with Crippen LogP contribution in [0.15, 0.2) is 42.5 Å². The molecule has 3 rings (SSSR count). The average Bonchev–Trinajstić information content (AvgIpc) is 2.62. The zero-order valence-electron chi connectivity index (χ0n) is 13.2. The summed E-state index contributed by atoms with van der Waals surface area (Å²) < 4.78 is 0. The third kappa shape index (κ3) is 3.36. The highest BCUT2D eigenvalue weighted by atomic mass is 16.6. The van der Waals surface area contributed by atoms with E-state index in [4.69, 9.17) is 0 Å². The highest BCUT2D eigenvalue weighted by Crippen LogP contribution is 2.37. The number of rotatable bonds is 4. The molecule has 1 fully saturated rings. The van der Waals surface area contributed by atoms with Crippen LogP contribution < -0.4 is 10.2 Å². The number of nitrogens with one attached hydrogen (secondary N) is 1. The molecule has 1 unspecified atom stereocenters. The van der Waals surface area contributed by atoms with Crippen molar-refractivity contribution in [3.05, 3.63) is 68.3 Å². The van der Waals surface area contributed by atoms with Crippen molar-refractivity contribution >= 4 is 17.1 Å². The number of hydrogen-bond donors (Lipinski definition) is 2. The predicted octanol–water partition coefficient (Wildman–Crippen LogP) is 2.36. The second-order valence-corrected chi connectivity index (χ2v) is 5.69. The summed E-state index contributed by atoms with van der Waals surface area (Å²) >= 11 is 0. The smallest absolute Gasteiger partial charge is 0.299 e. The SMILES string of the molecule is O=[N+]([O-])c1ccc(N2CCNCC2c2ccc(O)cc2)c([N+](=O)[O-])c1. The number of non-ortho nitro benzene ring substituents is 1. The van der Waals surface area contributed by atoms with Gasteiger partial charge in [0.15, 0.2) is 0 Å². The third-order valence-electron chi connectivity index (χ3n) is 4.20. The Kier molecular flexibility index (Phi) is 4.48. The quantitative estimate of drug-likeness (QED) is 0.645. The average molecular weight is 344 g/mol. The van der Waals surface area contributed by atoms with Crippen molar-refractivity contribution in [1.29, 1.82) is 0 Å². The van der Waals surface area contributed by atoms with E-state index in [-0.39, 0.29) is 23.2 Å². The Labute approximate surface area is 142 Å². The first-order valence-corrected chi connectivity index (χ1v) is 7.66. The van der Waals surface area contributed by atoms with Crippen molar-refractivity contribution < 1.29 is 15.0 Å². The molecule has 1 aliphatic rings. The molecule has 9 nitrogen and oxygen atoms in total. The molecule has 2 aromatic rings. The molecule has 2 aromatic carbocycles. The van der Waals surface area contributed by atoms with Gasteiger partial charge in [-0.05, 0) is 23.8 Å². The normalized spacial score (nSPS) is 17.3. The fourth-order valence-electron chi connectivity index (χ4n) is 3.00. The van der Waals surface area contributed by atoms with Gasteiger partial charge >= 0.3 is 0 Å². The van der Waals surface area contributed by atoms with Gasteiger partial charge in [-0.15, -0.1) is 0 Å². The second kappa shape index (κ2) is 6.73. The Hall–Kier alpha value is -3.20. The van der Waals surface area contributed by atoms with Crippen molar-refractivity contribution in [1.82, 2.24) is 5.32 Å². The molecular weight excluding hydrogens is 328 g/mol. The molecule has 1 saturated heterocycles. The number of phenolic OH excluding ortho intramolecular Hbond substituents is 1. The van der Waals surface area contributed by atoms with E-state index in [9.17, 15) is 25.3 Å². The minimum atomic E-state index is -0.647. The molecule has 0 amide bonds. The van der Waals surface area contributed by atoms with Crippen LogP contribution in [-0.2, 0) is 0 Å². The van der Waals surface area contributed by atoms with Crippen LogP contribution in [0.5, 0.6) is 5.75 Å². The summed E-state index contributed by atoms with van der Waals surface area (Å²) in [6.45, 7) is 1.73. The van der Waals surface area contributed by atoms with Gasteiger partial charge in [0.2, 0.25) is 0 Å². The van der Waals surface area contributed by atoms with E-state index in [1.54, 1.807) is 24.3 Å². The van der Waals surface area contributed by atoms with E-state index < -0.39 is 9.85 Å². The van der Waals surface area contributed by atoms with Crippen LogP contribution in [0, 0.1) is 20.2 Å². The van der Waals surface area contributed by atoms with Crippen LogP contribution in [-0.4, -0.2) is 34.6 Å². The zero-order chi connectivity index (χ0) is 18.0. The first-order valence-electron chi connectivity index (χ1n) is 7.66. The number of piperazine rings is 1. The fraction of sp³-hybridized carbons (Fsp3) is 0.250. The molecule has 1 atom stereocenters. The largest absolute Gasteiger partial charge is 0.508 e. The summed E-state index contributed by atoms with van der Waals surface area (Å²) in [4.78, 5) is 23.0. The van der Waals surface area contributed by atoms with E-state index in [1.807, 2.05) is 4.90 Å². The Morgan fingerprint density at radius 1 is 1.08 bits per heavy atom. The third-order valence-corrected chi connectivity index (χ3v) is 4.20. The van der Waals surface area contributed by atoms with Gasteiger partial charge in [0.25, 0.3) is 11.4 Å². The standard InChI is InChI=1S/C16H16N4O5/c21-13-4-1-11(2-5-13)16-10-17-7-8-18(16)14-6-3-12(19(22)23)9-15(14)20(24)25/h1-6,9,16-17,21H,7-8,10H2. The minimum Gasteiger partial charge on any atom is -0.508 e. The Morgan fingerprint density at radius 3 is 2.44 bits per heavy atom. The number of anilines is 1. The van der Waals surface area contributed by atoms with E-state index in [0.717, 1.165) is 11.6 Å². The number of hydrogen-bond acceptors (Lipinski definition) is 7. The number of nitrogens with zero attached hydrogens (tertiary/aromatic N) is 3. The van der Waals surface area contributed by atoms with Crippen molar-refractivity contribution in [3.63, 3.8) is 0 Å². The number of benzene rings is 2. The predicted molar refractivity (Wildman–Crippen MR) is 90.8 cm³/mol. The summed E-state index contributed by atoms with van der Waals surface area (Å²) in [5.74, 6) is 0.139. The van der Waals surface area contributed by atoms with E-state index in [1.165, 1.54) is 12.1 Å². The van der Waals surface area contributed by atoms with Gasteiger partial charge in [-0.2, -0.15) is 0 Å². The Morgan fingerprint density at radius 2 is 1.80 bits per heavy atom. The molecule has 0 radical (unpaired) electrons. The molecule has 130 valence electrons. The zero-order valence-corrected chi connectivity index (χ0v) is 13.2. The molecule has 2 N–H and O–H groups in total. The lowest BCUT2D eigenvalue weighted by Crippen LogP contribution is -2.46. The van der Waals surface area contributed by atoms with Crippen LogP contribution in [0.3, 0.4) is 0 Å². The monoisotopic (exact) mass is 344 g/mol. The van der Waals surface area contributed by atoms with Gasteiger partial charge < -0.3 is 15.3 Å². The van der Waals surface area contributed by atoms with E-state index >= 15 is 0 Å². The number of nitro benzene ring substituents is 2.